The molecular weight excluding hydrogens is 444 g/mol. The van der Waals surface area contributed by atoms with E-state index in [2.05, 4.69) is 20.2 Å². The van der Waals surface area contributed by atoms with Gasteiger partial charge in [0.15, 0.2) is 5.82 Å². The molecule has 4 rings (SSSR count). The van der Waals surface area contributed by atoms with E-state index in [1.54, 1.807) is 12.3 Å². The predicted molar refractivity (Wildman–Crippen MR) is 112 cm³/mol. The number of carbonyl (C=O) groups is 1. The van der Waals surface area contributed by atoms with Crippen LogP contribution >= 0.6 is 0 Å². The molecule has 0 unspecified atom stereocenters. The van der Waals surface area contributed by atoms with Gasteiger partial charge in [-0.3, -0.25) is 14.5 Å². The zero-order chi connectivity index (χ0) is 23.8. The van der Waals surface area contributed by atoms with Crippen molar-refractivity contribution in [2.45, 2.75) is 12.7 Å². The lowest BCUT2D eigenvalue weighted by Crippen LogP contribution is -2.46. The SMILES string of the molecule is CNC(=O)c1ccc(N2CCN(Cc3ccc4nc(C(F)(F)F)c(=O)[nH]c4c3F)CC2)cn1. The smallest absolute Gasteiger partial charge is 0.368 e. The highest BCUT2D eigenvalue weighted by Crippen LogP contribution is 2.27. The topological polar surface area (TPSA) is 94.2 Å². The minimum absolute atomic E-state index is 0.229. The van der Waals surface area contributed by atoms with E-state index < -0.39 is 23.2 Å². The Kier molecular flexibility index (Phi) is 6.02. The van der Waals surface area contributed by atoms with Crippen molar-refractivity contribution in [1.29, 1.82) is 0 Å². The van der Waals surface area contributed by atoms with Crippen LogP contribution in [0, 0.1) is 5.82 Å². The average molecular weight is 464 g/mol. The highest BCUT2D eigenvalue weighted by atomic mass is 19.4. The lowest BCUT2D eigenvalue weighted by Gasteiger charge is -2.36. The Morgan fingerprint density at radius 3 is 2.48 bits per heavy atom. The summed E-state index contributed by atoms with van der Waals surface area (Å²) in [4.78, 5) is 36.9. The fourth-order valence-corrected chi connectivity index (χ4v) is 3.72. The quantitative estimate of drug-likeness (QED) is 0.575. The Morgan fingerprint density at radius 2 is 1.88 bits per heavy atom. The third kappa shape index (κ3) is 4.65. The van der Waals surface area contributed by atoms with Gasteiger partial charge in [-0.1, -0.05) is 6.07 Å². The van der Waals surface area contributed by atoms with E-state index in [9.17, 15) is 27.2 Å². The number of benzene rings is 1. The number of hydrogen-bond donors (Lipinski definition) is 2. The van der Waals surface area contributed by atoms with Crippen molar-refractivity contribution in [3.63, 3.8) is 0 Å². The summed E-state index contributed by atoms with van der Waals surface area (Å²) in [7, 11) is 1.53. The number of aromatic nitrogens is 3. The molecule has 2 aromatic heterocycles. The molecule has 8 nitrogen and oxygen atoms in total. The third-order valence-corrected chi connectivity index (χ3v) is 5.49. The minimum Gasteiger partial charge on any atom is -0.368 e. The lowest BCUT2D eigenvalue weighted by atomic mass is 10.1. The maximum absolute atomic E-state index is 14.9. The molecule has 0 aliphatic carbocycles. The van der Waals surface area contributed by atoms with E-state index in [0.29, 0.717) is 31.9 Å². The summed E-state index contributed by atoms with van der Waals surface area (Å²) in [6.45, 7) is 2.73. The second-order valence-corrected chi connectivity index (χ2v) is 7.59. The number of pyridine rings is 1. The number of fused-ring (bicyclic) bond motifs is 1. The van der Waals surface area contributed by atoms with Crippen molar-refractivity contribution in [3.05, 3.63) is 63.6 Å². The van der Waals surface area contributed by atoms with Crippen LogP contribution in [-0.4, -0.2) is 59.0 Å². The zero-order valence-electron chi connectivity index (χ0n) is 17.5. The Bertz CT molecular complexity index is 1230. The Morgan fingerprint density at radius 1 is 1.15 bits per heavy atom. The van der Waals surface area contributed by atoms with Crippen molar-refractivity contribution >= 4 is 22.6 Å². The molecule has 0 spiro atoms. The molecule has 0 radical (unpaired) electrons. The van der Waals surface area contributed by atoms with Crippen LogP contribution in [0.3, 0.4) is 0 Å². The van der Waals surface area contributed by atoms with Gasteiger partial charge in [-0.15, -0.1) is 0 Å². The van der Waals surface area contributed by atoms with Gasteiger partial charge >= 0.3 is 6.18 Å². The number of nitrogens with zero attached hydrogens (tertiary/aromatic N) is 4. The molecule has 0 bridgehead atoms. The highest BCUT2D eigenvalue weighted by molar-refractivity contribution is 5.92. The molecule has 0 atom stereocenters. The summed E-state index contributed by atoms with van der Waals surface area (Å²) in [6, 6.07) is 6.12. The monoisotopic (exact) mass is 464 g/mol. The van der Waals surface area contributed by atoms with E-state index in [-0.39, 0.29) is 29.0 Å². The van der Waals surface area contributed by atoms with Crippen molar-refractivity contribution in [2.75, 3.05) is 38.1 Å². The molecule has 2 N–H and O–H groups in total. The number of amides is 1. The standard InChI is InChI=1S/C21H20F4N6O2/c1-26-19(32)15-5-3-13(10-27-15)31-8-6-30(7-9-31)11-12-2-4-14-17(16(12)22)29-20(33)18(28-14)21(23,24)25/h2-5,10H,6-9,11H2,1H3,(H,26,32)(H,29,33). The summed E-state index contributed by atoms with van der Waals surface area (Å²) in [5, 5.41) is 2.51. The summed E-state index contributed by atoms with van der Waals surface area (Å²) in [5.41, 5.74) is -2.24. The number of anilines is 1. The number of hydrogen-bond acceptors (Lipinski definition) is 6. The minimum atomic E-state index is -4.92. The van der Waals surface area contributed by atoms with Gasteiger partial charge in [0.05, 0.1) is 17.4 Å². The van der Waals surface area contributed by atoms with Gasteiger partial charge in [0.1, 0.15) is 11.2 Å². The maximum atomic E-state index is 14.9. The van der Waals surface area contributed by atoms with Crippen LogP contribution in [-0.2, 0) is 12.7 Å². The molecule has 33 heavy (non-hydrogen) atoms. The van der Waals surface area contributed by atoms with Crippen molar-refractivity contribution in [1.82, 2.24) is 25.2 Å². The first kappa shape index (κ1) is 22.6. The van der Waals surface area contributed by atoms with Gasteiger partial charge < -0.3 is 15.2 Å². The molecule has 1 aliphatic heterocycles. The number of nitrogens with one attached hydrogen (secondary N) is 2. The van der Waals surface area contributed by atoms with Crippen LogP contribution in [0.2, 0.25) is 0 Å². The Labute approximate surface area is 185 Å². The van der Waals surface area contributed by atoms with E-state index in [4.69, 9.17) is 0 Å². The molecule has 1 fully saturated rings. The van der Waals surface area contributed by atoms with Crippen LogP contribution in [0.5, 0.6) is 0 Å². The van der Waals surface area contributed by atoms with E-state index in [1.807, 2.05) is 16.0 Å². The Hall–Kier alpha value is -3.54. The van der Waals surface area contributed by atoms with Crippen LogP contribution in [0.25, 0.3) is 11.0 Å². The number of piperazine rings is 1. The molecule has 1 aliphatic rings. The van der Waals surface area contributed by atoms with Crippen LogP contribution < -0.4 is 15.8 Å². The Balaban J connectivity index is 1.45. The molecule has 3 aromatic rings. The molecule has 1 aromatic carbocycles. The maximum Gasteiger partial charge on any atom is 0.438 e. The van der Waals surface area contributed by atoms with Gasteiger partial charge in [0, 0.05) is 45.3 Å². The molecular formula is C21H20F4N6O2. The first-order chi connectivity index (χ1) is 15.7. The average Bonchev–Trinajstić information content (AvgIpc) is 2.80. The van der Waals surface area contributed by atoms with Crippen LogP contribution in [0.4, 0.5) is 23.2 Å². The van der Waals surface area contributed by atoms with Crippen molar-refractivity contribution in [2.24, 2.45) is 0 Å². The predicted octanol–water partition coefficient (Wildman–Crippen LogP) is 2.16. The van der Waals surface area contributed by atoms with Gasteiger partial charge in [-0.2, -0.15) is 13.2 Å². The lowest BCUT2D eigenvalue weighted by molar-refractivity contribution is -0.142. The highest BCUT2D eigenvalue weighted by Gasteiger charge is 2.36. The number of rotatable bonds is 4. The van der Waals surface area contributed by atoms with Gasteiger partial charge in [-0.25, -0.2) is 14.4 Å². The second kappa shape index (κ2) is 8.77. The first-order valence-electron chi connectivity index (χ1n) is 10.1. The molecule has 1 saturated heterocycles. The van der Waals surface area contributed by atoms with Gasteiger partial charge in [-0.05, 0) is 18.2 Å². The summed E-state index contributed by atoms with van der Waals surface area (Å²) >= 11 is 0. The first-order valence-corrected chi connectivity index (χ1v) is 10.1. The fraction of sp³-hybridized carbons (Fsp3) is 0.333. The molecule has 0 saturated carbocycles. The van der Waals surface area contributed by atoms with E-state index >= 15 is 0 Å². The number of H-pyrrole nitrogens is 1. The number of aromatic amines is 1. The van der Waals surface area contributed by atoms with Gasteiger partial charge in [0.25, 0.3) is 11.5 Å². The van der Waals surface area contributed by atoms with Crippen LogP contribution in [0.1, 0.15) is 21.7 Å². The number of carbonyl (C=O) groups excluding carboxylic acids is 1. The molecule has 12 heteroatoms. The largest absolute Gasteiger partial charge is 0.438 e. The zero-order valence-corrected chi connectivity index (χ0v) is 17.5. The number of alkyl halides is 3. The second-order valence-electron chi connectivity index (χ2n) is 7.59. The third-order valence-electron chi connectivity index (χ3n) is 5.49. The molecule has 1 amide bonds. The normalized spacial score (nSPS) is 15.1. The van der Waals surface area contributed by atoms with Gasteiger partial charge in [0.2, 0.25) is 5.69 Å². The van der Waals surface area contributed by atoms with E-state index in [0.717, 1.165) is 5.69 Å². The van der Waals surface area contributed by atoms with Crippen LogP contribution in [0.15, 0.2) is 35.3 Å². The summed E-state index contributed by atoms with van der Waals surface area (Å²) in [6.07, 6.45) is -3.29. The summed E-state index contributed by atoms with van der Waals surface area (Å²) < 4.78 is 53.6. The van der Waals surface area contributed by atoms with E-state index in [1.165, 1.54) is 19.2 Å². The van der Waals surface area contributed by atoms with Crippen molar-refractivity contribution < 1.29 is 22.4 Å². The summed E-state index contributed by atoms with van der Waals surface area (Å²) in [5.74, 6) is -1.06. The molecule has 3 heterocycles. The molecule has 174 valence electrons. The number of halogens is 4. The fourth-order valence-electron chi connectivity index (χ4n) is 3.72. The van der Waals surface area contributed by atoms with Crippen molar-refractivity contribution in [3.8, 4) is 0 Å².